The fourth-order valence-electron chi connectivity index (χ4n) is 2.75. The van der Waals surface area contributed by atoms with Crippen molar-refractivity contribution in [2.24, 2.45) is 0 Å². The van der Waals surface area contributed by atoms with E-state index >= 15 is 0 Å². The highest BCUT2D eigenvalue weighted by Crippen LogP contribution is 2.24. The Kier molecular flexibility index (Phi) is 3.77. The van der Waals surface area contributed by atoms with Crippen LogP contribution in [0.5, 0.6) is 0 Å². The fraction of sp³-hybridized carbons (Fsp3) is 0.0556. The van der Waals surface area contributed by atoms with Gasteiger partial charge in [0.2, 0.25) is 0 Å². The molecular formula is C18H15N5OS. The van der Waals surface area contributed by atoms with Gasteiger partial charge in [-0.05, 0) is 30.5 Å². The van der Waals surface area contributed by atoms with Crippen LogP contribution in [0.3, 0.4) is 0 Å². The number of rotatable bonds is 3. The number of anilines is 1. The summed E-state index contributed by atoms with van der Waals surface area (Å²) in [6.07, 6.45) is 2.01. The first kappa shape index (κ1) is 15.5. The van der Waals surface area contributed by atoms with Gasteiger partial charge >= 0.3 is 0 Å². The molecule has 0 unspecified atom stereocenters. The number of hydrogen-bond donors (Lipinski definition) is 2. The first-order chi connectivity index (χ1) is 12.2. The van der Waals surface area contributed by atoms with E-state index in [0.29, 0.717) is 16.9 Å². The molecule has 2 aromatic carbocycles. The Labute approximate surface area is 147 Å². The molecule has 6 nitrogen and oxygen atoms in total. The summed E-state index contributed by atoms with van der Waals surface area (Å²) in [4.78, 5) is 18.8. The molecule has 0 saturated carbocycles. The van der Waals surface area contributed by atoms with Gasteiger partial charge in [0.05, 0.1) is 5.69 Å². The van der Waals surface area contributed by atoms with Crippen molar-refractivity contribution in [2.45, 2.75) is 4.90 Å². The van der Waals surface area contributed by atoms with E-state index in [4.69, 9.17) is 5.73 Å². The largest absolute Gasteiger partial charge is 0.383 e. The Morgan fingerprint density at radius 1 is 1.08 bits per heavy atom. The number of H-pyrrole nitrogens is 1. The first-order valence-electron chi connectivity index (χ1n) is 7.65. The van der Waals surface area contributed by atoms with Crippen molar-refractivity contribution in [1.82, 2.24) is 19.7 Å². The third kappa shape index (κ3) is 2.58. The van der Waals surface area contributed by atoms with E-state index in [9.17, 15) is 4.79 Å². The number of aromatic amines is 1. The van der Waals surface area contributed by atoms with Crippen molar-refractivity contribution in [1.29, 1.82) is 0 Å². The van der Waals surface area contributed by atoms with E-state index in [2.05, 4.69) is 15.2 Å². The summed E-state index contributed by atoms with van der Waals surface area (Å²) in [5.41, 5.74) is 7.52. The Balaban J connectivity index is 2.07. The van der Waals surface area contributed by atoms with Gasteiger partial charge in [0, 0.05) is 10.5 Å². The average molecular weight is 349 g/mol. The lowest BCUT2D eigenvalue weighted by molar-refractivity contribution is 0.968. The predicted octanol–water partition coefficient (Wildman–Crippen LogP) is 3.08. The summed E-state index contributed by atoms with van der Waals surface area (Å²) in [7, 11) is 0. The second kappa shape index (κ2) is 6.10. The number of nitrogens with zero attached hydrogens (tertiary/aromatic N) is 3. The highest BCUT2D eigenvalue weighted by molar-refractivity contribution is 7.98. The quantitative estimate of drug-likeness (QED) is 0.555. The molecule has 0 fully saturated rings. The Hall–Kier alpha value is -3.06. The van der Waals surface area contributed by atoms with E-state index in [0.717, 1.165) is 16.1 Å². The molecule has 0 spiro atoms. The number of nitrogen functional groups attached to an aromatic ring is 1. The summed E-state index contributed by atoms with van der Waals surface area (Å²) < 4.78 is 1.58. The summed E-state index contributed by atoms with van der Waals surface area (Å²) in [6.45, 7) is 0. The van der Waals surface area contributed by atoms with Crippen molar-refractivity contribution < 1.29 is 0 Å². The van der Waals surface area contributed by atoms with Gasteiger partial charge in [-0.15, -0.1) is 11.8 Å². The summed E-state index contributed by atoms with van der Waals surface area (Å²) in [5, 5.41) is 6.99. The second-order valence-electron chi connectivity index (χ2n) is 5.48. The normalized spacial score (nSPS) is 11.1. The maximum atomic E-state index is 13.1. The Morgan fingerprint density at radius 2 is 1.80 bits per heavy atom. The minimum atomic E-state index is -0.244. The number of aromatic nitrogens is 4. The van der Waals surface area contributed by atoms with Gasteiger partial charge in [0.25, 0.3) is 5.56 Å². The van der Waals surface area contributed by atoms with E-state index in [1.165, 1.54) is 0 Å². The molecule has 0 aliphatic carbocycles. The molecule has 4 rings (SSSR count). The van der Waals surface area contributed by atoms with Gasteiger partial charge < -0.3 is 5.73 Å². The number of nitrogens with two attached hydrogens (primary N) is 1. The number of benzene rings is 2. The third-order valence-corrected chi connectivity index (χ3v) is 4.72. The summed E-state index contributed by atoms with van der Waals surface area (Å²) in [5.74, 6) is 0.753. The van der Waals surface area contributed by atoms with Crippen LogP contribution in [-0.4, -0.2) is 26.0 Å². The zero-order valence-electron chi connectivity index (χ0n) is 13.4. The molecule has 3 N–H and O–H groups in total. The van der Waals surface area contributed by atoms with Crippen LogP contribution in [0.2, 0.25) is 0 Å². The van der Waals surface area contributed by atoms with Crippen LogP contribution in [0, 0.1) is 0 Å². The average Bonchev–Trinajstić information content (AvgIpc) is 3.04. The van der Waals surface area contributed by atoms with Gasteiger partial charge in [0.1, 0.15) is 17.0 Å². The number of hydrogen-bond acceptors (Lipinski definition) is 5. The van der Waals surface area contributed by atoms with E-state index in [-0.39, 0.29) is 11.4 Å². The highest BCUT2D eigenvalue weighted by atomic mass is 32.2. The van der Waals surface area contributed by atoms with Crippen LogP contribution in [0.1, 0.15) is 0 Å². The fourth-order valence-corrected chi connectivity index (χ4v) is 3.16. The van der Waals surface area contributed by atoms with Crippen molar-refractivity contribution in [3.05, 3.63) is 65.0 Å². The zero-order chi connectivity index (χ0) is 17.4. The lowest BCUT2D eigenvalue weighted by atomic mass is 10.2. The Bertz CT molecular complexity index is 1100. The minimum absolute atomic E-state index is 0.224. The first-order valence-corrected chi connectivity index (χ1v) is 8.88. The smallest absolute Gasteiger partial charge is 0.271 e. The molecule has 0 saturated heterocycles. The van der Waals surface area contributed by atoms with Gasteiger partial charge in [-0.3, -0.25) is 14.5 Å². The van der Waals surface area contributed by atoms with Crippen molar-refractivity contribution in [2.75, 3.05) is 12.0 Å². The van der Waals surface area contributed by atoms with Gasteiger partial charge in [-0.2, -0.15) is 5.10 Å². The maximum Gasteiger partial charge on any atom is 0.271 e. The zero-order valence-corrected chi connectivity index (χ0v) is 14.2. The lowest BCUT2D eigenvalue weighted by Gasteiger charge is -2.13. The number of thioether (sulfide) groups is 1. The topological polar surface area (TPSA) is 89.6 Å². The van der Waals surface area contributed by atoms with E-state index in [1.807, 2.05) is 60.9 Å². The molecule has 0 aliphatic heterocycles. The molecule has 0 amide bonds. The molecule has 0 bridgehead atoms. The molecular weight excluding hydrogens is 334 g/mol. The van der Waals surface area contributed by atoms with Crippen LogP contribution in [0.4, 0.5) is 5.82 Å². The van der Waals surface area contributed by atoms with Crippen LogP contribution < -0.4 is 11.3 Å². The predicted molar refractivity (Wildman–Crippen MR) is 101 cm³/mol. The summed E-state index contributed by atoms with van der Waals surface area (Å²) in [6, 6.07) is 17.3. The summed E-state index contributed by atoms with van der Waals surface area (Å²) >= 11 is 1.65. The molecule has 0 radical (unpaired) electrons. The van der Waals surface area contributed by atoms with E-state index < -0.39 is 0 Å². The SMILES string of the molecule is CSc1ccc(-n2c(-c3ccccc3)nc3n[nH]c(N)c3c2=O)cc1. The monoisotopic (exact) mass is 349 g/mol. The van der Waals surface area contributed by atoms with Crippen LogP contribution in [-0.2, 0) is 0 Å². The molecule has 0 atom stereocenters. The Morgan fingerprint density at radius 3 is 2.48 bits per heavy atom. The van der Waals surface area contributed by atoms with Gasteiger partial charge in [-0.1, -0.05) is 30.3 Å². The molecule has 0 aliphatic rings. The van der Waals surface area contributed by atoms with Gasteiger partial charge in [-0.25, -0.2) is 4.98 Å². The maximum absolute atomic E-state index is 13.1. The molecule has 4 aromatic rings. The van der Waals surface area contributed by atoms with E-state index in [1.54, 1.807) is 16.3 Å². The van der Waals surface area contributed by atoms with Crippen molar-refractivity contribution in [3.63, 3.8) is 0 Å². The highest BCUT2D eigenvalue weighted by Gasteiger charge is 2.18. The van der Waals surface area contributed by atoms with Gasteiger partial charge in [0.15, 0.2) is 5.65 Å². The van der Waals surface area contributed by atoms with Crippen molar-refractivity contribution >= 4 is 28.6 Å². The van der Waals surface area contributed by atoms with Crippen molar-refractivity contribution in [3.8, 4) is 17.1 Å². The molecule has 7 heteroatoms. The molecule has 25 heavy (non-hydrogen) atoms. The van der Waals surface area contributed by atoms with Crippen LogP contribution in [0.15, 0.2) is 64.3 Å². The second-order valence-corrected chi connectivity index (χ2v) is 6.36. The number of fused-ring (bicyclic) bond motifs is 1. The number of nitrogens with one attached hydrogen (secondary N) is 1. The van der Waals surface area contributed by atoms with Crippen LogP contribution in [0.25, 0.3) is 28.1 Å². The van der Waals surface area contributed by atoms with Crippen LogP contribution >= 0.6 is 11.8 Å². The minimum Gasteiger partial charge on any atom is -0.383 e. The molecule has 2 heterocycles. The standard InChI is InChI=1S/C18H15N5OS/c1-25-13-9-7-12(8-10-13)23-17(11-5-3-2-4-6-11)20-16-14(18(23)24)15(19)21-22-16/h2-10H,1H3,(H3,19,21,22). The molecule has 124 valence electrons. The third-order valence-electron chi connectivity index (χ3n) is 3.98. The lowest BCUT2D eigenvalue weighted by Crippen LogP contribution is -2.22. The molecule has 2 aromatic heterocycles.